The molecule has 22 heavy (non-hydrogen) atoms. The summed E-state index contributed by atoms with van der Waals surface area (Å²) in [5.41, 5.74) is 0. The zero-order valence-electron chi connectivity index (χ0n) is 15.2. The molecule has 0 fully saturated rings. The van der Waals surface area contributed by atoms with Gasteiger partial charge >= 0.3 is 0 Å². The molecule has 0 N–H and O–H groups in total. The number of hydrogen-bond donors (Lipinski definition) is 0. The third kappa shape index (κ3) is 8.87. The Hall–Kier alpha value is 0.380. The molecule has 0 aliphatic rings. The van der Waals surface area contributed by atoms with Gasteiger partial charge in [0.05, 0.1) is 12.7 Å². The van der Waals surface area contributed by atoms with Crippen molar-refractivity contribution < 1.29 is 18.2 Å². The Bertz CT molecular complexity index is 351. The van der Waals surface area contributed by atoms with Crippen LogP contribution < -0.4 is 0 Å². The van der Waals surface area contributed by atoms with Gasteiger partial charge in [-0.3, -0.25) is 9.13 Å². The number of rotatable bonds is 14. The van der Waals surface area contributed by atoms with Gasteiger partial charge < -0.3 is 9.05 Å². The van der Waals surface area contributed by atoms with Crippen LogP contribution in [0.2, 0.25) is 0 Å². The molecule has 1 atom stereocenters. The van der Waals surface area contributed by atoms with Crippen LogP contribution in [0.3, 0.4) is 0 Å². The van der Waals surface area contributed by atoms with E-state index in [2.05, 4.69) is 0 Å². The summed E-state index contributed by atoms with van der Waals surface area (Å²) in [5, 5.41) is 0. The predicted molar refractivity (Wildman–Crippen MR) is 97.0 cm³/mol. The van der Waals surface area contributed by atoms with Gasteiger partial charge in [-0.05, 0) is 32.1 Å². The highest BCUT2D eigenvalue weighted by molar-refractivity contribution is 7.59. The maximum absolute atomic E-state index is 12.8. The van der Waals surface area contributed by atoms with Crippen molar-refractivity contribution in [1.82, 2.24) is 0 Å². The first kappa shape index (κ1) is 22.4. The molecule has 0 aliphatic heterocycles. The van der Waals surface area contributed by atoms with Crippen molar-refractivity contribution in [1.29, 1.82) is 0 Å². The average molecular weight is 354 g/mol. The van der Waals surface area contributed by atoms with E-state index in [1.807, 2.05) is 34.6 Å². The van der Waals surface area contributed by atoms with E-state index in [0.717, 1.165) is 32.1 Å². The van der Waals surface area contributed by atoms with E-state index in [4.69, 9.17) is 9.05 Å². The molecule has 0 saturated heterocycles. The van der Waals surface area contributed by atoms with Gasteiger partial charge in [0, 0.05) is 24.6 Å². The molecule has 0 aliphatic carbocycles. The van der Waals surface area contributed by atoms with Crippen LogP contribution in [0.4, 0.5) is 0 Å². The molecule has 6 heteroatoms. The first-order valence-electron chi connectivity index (χ1n) is 8.87. The molecule has 0 heterocycles. The van der Waals surface area contributed by atoms with Crippen molar-refractivity contribution in [2.75, 3.05) is 31.3 Å². The summed E-state index contributed by atoms with van der Waals surface area (Å²) in [7, 11) is -5.13. The van der Waals surface area contributed by atoms with Crippen LogP contribution in [0, 0.1) is 0 Å². The molecule has 0 amide bonds. The summed E-state index contributed by atoms with van der Waals surface area (Å²) in [5.74, 6) is 0. The fraction of sp³-hybridized carbons (Fsp3) is 1.00. The van der Waals surface area contributed by atoms with Gasteiger partial charge in [-0.15, -0.1) is 0 Å². The molecule has 134 valence electrons. The van der Waals surface area contributed by atoms with Crippen LogP contribution in [0.1, 0.15) is 66.7 Å². The Balaban J connectivity index is 4.69. The third-order valence-corrected chi connectivity index (χ3v) is 9.37. The lowest BCUT2D eigenvalue weighted by atomic mass is 10.3. The lowest BCUT2D eigenvalue weighted by Crippen LogP contribution is -2.19. The third-order valence-electron chi connectivity index (χ3n) is 3.55. The van der Waals surface area contributed by atoms with Crippen LogP contribution in [-0.4, -0.2) is 37.4 Å². The molecule has 4 nitrogen and oxygen atoms in total. The number of hydrogen-bond acceptors (Lipinski definition) is 4. The highest BCUT2D eigenvalue weighted by Gasteiger charge is 2.28. The average Bonchev–Trinajstić information content (AvgIpc) is 2.44. The maximum Gasteiger partial charge on any atom is 0.203 e. The van der Waals surface area contributed by atoms with E-state index in [1.165, 1.54) is 0 Å². The van der Waals surface area contributed by atoms with Crippen LogP contribution in [-0.2, 0) is 18.2 Å². The van der Waals surface area contributed by atoms with Gasteiger partial charge in [0.15, 0.2) is 0 Å². The Labute approximate surface area is 137 Å². The van der Waals surface area contributed by atoms with Crippen molar-refractivity contribution in [2.45, 2.75) is 72.8 Å². The summed E-state index contributed by atoms with van der Waals surface area (Å²) in [6.07, 6.45) is 6.45. The topological polar surface area (TPSA) is 52.6 Å². The SMILES string of the molecule is CCCP(=O)(CCC)OCC(CC)OP(=O)(CCC)CCC. The Morgan fingerprint density at radius 3 is 1.50 bits per heavy atom. The Morgan fingerprint density at radius 1 is 0.727 bits per heavy atom. The van der Waals surface area contributed by atoms with E-state index < -0.39 is 14.7 Å². The quantitative estimate of drug-likeness (QED) is 0.359. The summed E-state index contributed by atoms with van der Waals surface area (Å²) in [6.45, 7) is 10.4. The van der Waals surface area contributed by atoms with E-state index in [1.54, 1.807) is 0 Å². The van der Waals surface area contributed by atoms with Gasteiger partial charge in [0.2, 0.25) is 14.7 Å². The van der Waals surface area contributed by atoms with E-state index in [-0.39, 0.29) is 6.10 Å². The summed E-state index contributed by atoms with van der Waals surface area (Å²) >= 11 is 0. The molecule has 0 aromatic carbocycles. The molecular formula is C16H36O4P2. The Morgan fingerprint density at radius 2 is 1.14 bits per heavy atom. The highest BCUT2D eigenvalue weighted by Crippen LogP contribution is 2.51. The van der Waals surface area contributed by atoms with Crippen molar-refractivity contribution in [3.05, 3.63) is 0 Å². The molecular weight excluding hydrogens is 318 g/mol. The molecule has 0 bridgehead atoms. The standard InChI is InChI=1S/C16H36O4P2/c1-6-11-21(17,12-7-2)19-15-16(10-5)20-22(18,13-8-3)14-9-4/h16H,6-15H2,1-5H3. The van der Waals surface area contributed by atoms with Crippen LogP contribution in [0.15, 0.2) is 0 Å². The molecule has 0 rings (SSSR count). The summed E-state index contributed by atoms with van der Waals surface area (Å²) < 4.78 is 37.2. The van der Waals surface area contributed by atoms with Crippen molar-refractivity contribution in [2.24, 2.45) is 0 Å². The first-order valence-corrected chi connectivity index (χ1v) is 12.9. The normalized spacial score (nSPS) is 14.2. The van der Waals surface area contributed by atoms with E-state index in [0.29, 0.717) is 31.3 Å². The zero-order valence-corrected chi connectivity index (χ0v) is 17.0. The van der Waals surface area contributed by atoms with Crippen molar-refractivity contribution in [3.8, 4) is 0 Å². The fourth-order valence-electron chi connectivity index (χ4n) is 2.53. The molecule has 0 spiro atoms. The summed E-state index contributed by atoms with van der Waals surface area (Å²) in [4.78, 5) is 0. The molecule has 0 aromatic heterocycles. The van der Waals surface area contributed by atoms with Crippen molar-refractivity contribution in [3.63, 3.8) is 0 Å². The molecule has 1 unspecified atom stereocenters. The second-order valence-corrected chi connectivity index (χ2v) is 11.5. The van der Waals surface area contributed by atoms with Gasteiger partial charge in [0.1, 0.15) is 0 Å². The van der Waals surface area contributed by atoms with Gasteiger partial charge in [0.25, 0.3) is 0 Å². The van der Waals surface area contributed by atoms with Crippen LogP contribution in [0.25, 0.3) is 0 Å². The second-order valence-electron chi connectivity index (χ2n) is 5.95. The lowest BCUT2D eigenvalue weighted by Gasteiger charge is -2.26. The Kier molecular flexibility index (Phi) is 12.0. The highest BCUT2D eigenvalue weighted by atomic mass is 31.2. The zero-order chi connectivity index (χ0) is 17.1. The first-order chi connectivity index (χ1) is 10.4. The minimum absolute atomic E-state index is 0.217. The van der Waals surface area contributed by atoms with Gasteiger partial charge in [-0.1, -0.05) is 34.6 Å². The fourth-order valence-corrected chi connectivity index (χ4v) is 7.37. The van der Waals surface area contributed by atoms with Crippen LogP contribution >= 0.6 is 14.7 Å². The molecule has 0 radical (unpaired) electrons. The molecule has 0 saturated carbocycles. The summed E-state index contributed by atoms with van der Waals surface area (Å²) in [6, 6.07) is 0. The maximum atomic E-state index is 12.8. The van der Waals surface area contributed by atoms with Crippen molar-refractivity contribution >= 4 is 14.7 Å². The van der Waals surface area contributed by atoms with Crippen LogP contribution in [0.5, 0.6) is 0 Å². The second kappa shape index (κ2) is 11.8. The van der Waals surface area contributed by atoms with E-state index in [9.17, 15) is 9.13 Å². The minimum atomic E-state index is -2.57. The van der Waals surface area contributed by atoms with E-state index >= 15 is 0 Å². The van der Waals surface area contributed by atoms with Gasteiger partial charge in [-0.25, -0.2) is 0 Å². The predicted octanol–water partition coefficient (Wildman–Crippen LogP) is 5.99. The molecule has 0 aromatic rings. The smallest absolute Gasteiger partial charge is 0.203 e. The monoisotopic (exact) mass is 354 g/mol. The largest absolute Gasteiger partial charge is 0.326 e. The lowest BCUT2D eigenvalue weighted by molar-refractivity contribution is 0.128. The van der Waals surface area contributed by atoms with Gasteiger partial charge in [-0.2, -0.15) is 0 Å². The minimum Gasteiger partial charge on any atom is -0.326 e.